The highest BCUT2D eigenvalue weighted by molar-refractivity contribution is 9.10. The first-order valence-electron chi connectivity index (χ1n) is 6.47. The number of ketones is 1. The SMILES string of the molecule is CS(=O)(=O)C1CCCC(C(=O)c2ccc(F)cc2Br)C1. The summed E-state index contributed by atoms with van der Waals surface area (Å²) in [7, 11) is -3.12. The second-order valence-corrected chi connectivity index (χ2v) is 8.48. The van der Waals surface area contributed by atoms with Gasteiger partial charge < -0.3 is 0 Å². The van der Waals surface area contributed by atoms with Gasteiger partial charge in [0.2, 0.25) is 0 Å². The van der Waals surface area contributed by atoms with Crippen molar-refractivity contribution >= 4 is 31.6 Å². The molecule has 110 valence electrons. The van der Waals surface area contributed by atoms with E-state index >= 15 is 0 Å². The second kappa shape index (κ2) is 5.93. The zero-order valence-electron chi connectivity index (χ0n) is 11.1. The Morgan fingerprint density at radius 1 is 1.35 bits per heavy atom. The lowest BCUT2D eigenvalue weighted by Crippen LogP contribution is -2.31. The lowest BCUT2D eigenvalue weighted by atomic mass is 9.83. The smallest absolute Gasteiger partial charge is 0.167 e. The van der Waals surface area contributed by atoms with Crippen LogP contribution in [0.3, 0.4) is 0 Å². The zero-order valence-corrected chi connectivity index (χ0v) is 13.5. The molecule has 1 fully saturated rings. The van der Waals surface area contributed by atoms with Gasteiger partial charge >= 0.3 is 0 Å². The van der Waals surface area contributed by atoms with Crippen LogP contribution < -0.4 is 0 Å². The molecule has 1 saturated carbocycles. The van der Waals surface area contributed by atoms with Gasteiger partial charge in [-0.2, -0.15) is 0 Å². The summed E-state index contributed by atoms with van der Waals surface area (Å²) in [5.74, 6) is -0.818. The quantitative estimate of drug-likeness (QED) is 0.774. The molecule has 1 aromatic carbocycles. The number of halogens is 2. The van der Waals surface area contributed by atoms with E-state index in [1.165, 1.54) is 24.5 Å². The monoisotopic (exact) mass is 362 g/mol. The molecule has 6 heteroatoms. The lowest BCUT2D eigenvalue weighted by Gasteiger charge is -2.27. The third-order valence-electron chi connectivity index (χ3n) is 3.80. The van der Waals surface area contributed by atoms with E-state index in [-0.39, 0.29) is 11.7 Å². The van der Waals surface area contributed by atoms with Crippen molar-refractivity contribution in [1.29, 1.82) is 0 Å². The van der Waals surface area contributed by atoms with Crippen molar-refractivity contribution < 1.29 is 17.6 Å². The van der Waals surface area contributed by atoms with E-state index in [0.29, 0.717) is 29.3 Å². The van der Waals surface area contributed by atoms with Gasteiger partial charge in [0.25, 0.3) is 0 Å². The molecule has 0 heterocycles. The van der Waals surface area contributed by atoms with E-state index in [0.717, 1.165) is 6.42 Å². The summed E-state index contributed by atoms with van der Waals surface area (Å²) < 4.78 is 36.7. The van der Waals surface area contributed by atoms with Gasteiger partial charge in [-0.15, -0.1) is 0 Å². The van der Waals surface area contributed by atoms with Gasteiger partial charge in [-0.25, -0.2) is 12.8 Å². The van der Waals surface area contributed by atoms with E-state index < -0.39 is 20.9 Å². The maximum Gasteiger partial charge on any atom is 0.167 e. The maximum atomic E-state index is 13.1. The van der Waals surface area contributed by atoms with Crippen LogP contribution in [0.15, 0.2) is 22.7 Å². The van der Waals surface area contributed by atoms with E-state index in [4.69, 9.17) is 0 Å². The third-order valence-corrected chi connectivity index (χ3v) is 6.09. The van der Waals surface area contributed by atoms with Crippen LogP contribution in [0.25, 0.3) is 0 Å². The Morgan fingerprint density at radius 3 is 2.65 bits per heavy atom. The minimum atomic E-state index is -3.12. The summed E-state index contributed by atoms with van der Waals surface area (Å²) in [6.45, 7) is 0. The average Bonchev–Trinajstić information content (AvgIpc) is 2.37. The van der Waals surface area contributed by atoms with Crippen LogP contribution in [0.1, 0.15) is 36.0 Å². The largest absolute Gasteiger partial charge is 0.294 e. The highest BCUT2D eigenvalue weighted by Crippen LogP contribution is 2.32. The molecule has 2 rings (SSSR count). The van der Waals surface area contributed by atoms with Crippen LogP contribution in [0.2, 0.25) is 0 Å². The Hall–Kier alpha value is -0.750. The van der Waals surface area contributed by atoms with Crippen LogP contribution in [-0.2, 0) is 9.84 Å². The number of hydrogen-bond acceptors (Lipinski definition) is 3. The van der Waals surface area contributed by atoms with Crippen molar-refractivity contribution in [1.82, 2.24) is 0 Å². The number of benzene rings is 1. The summed E-state index contributed by atoms with van der Waals surface area (Å²) in [6, 6.07) is 3.95. The highest BCUT2D eigenvalue weighted by Gasteiger charge is 2.33. The van der Waals surface area contributed by atoms with Gasteiger partial charge in [0.05, 0.1) is 5.25 Å². The first kappa shape index (κ1) is 15.6. The molecule has 20 heavy (non-hydrogen) atoms. The number of sulfone groups is 1. The molecule has 0 aromatic heterocycles. The molecule has 3 nitrogen and oxygen atoms in total. The predicted octanol–water partition coefficient (Wildman–Crippen LogP) is 3.37. The van der Waals surface area contributed by atoms with Gasteiger partial charge in [-0.3, -0.25) is 4.79 Å². The molecule has 0 amide bonds. The number of carbonyl (C=O) groups is 1. The number of rotatable bonds is 3. The van der Waals surface area contributed by atoms with Crippen molar-refractivity contribution in [3.05, 3.63) is 34.1 Å². The Labute approximate surface area is 126 Å². The van der Waals surface area contributed by atoms with Crippen LogP contribution in [0.5, 0.6) is 0 Å². The van der Waals surface area contributed by atoms with Crippen LogP contribution >= 0.6 is 15.9 Å². The summed E-state index contributed by atoms with van der Waals surface area (Å²) in [6.07, 6.45) is 3.62. The lowest BCUT2D eigenvalue weighted by molar-refractivity contribution is 0.0890. The third kappa shape index (κ3) is 3.47. The van der Waals surface area contributed by atoms with Crippen molar-refractivity contribution in [2.45, 2.75) is 30.9 Å². The van der Waals surface area contributed by atoms with Crippen molar-refractivity contribution in [3.63, 3.8) is 0 Å². The molecule has 0 aliphatic heterocycles. The Kier molecular flexibility index (Phi) is 4.64. The molecule has 2 unspecified atom stereocenters. The molecule has 1 aliphatic carbocycles. The molecular formula is C14H16BrFO3S. The van der Waals surface area contributed by atoms with E-state index in [1.807, 2.05) is 0 Å². The van der Waals surface area contributed by atoms with Gasteiger partial charge in [0.15, 0.2) is 5.78 Å². The van der Waals surface area contributed by atoms with Crippen LogP contribution in [-0.4, -0.2) is 25.7 Å². The van der Waals surface area contributed by atoms with Crippen LogP contribution in [0.4, 0.5) is 4.39 Å². The van der Waals surface area contributed by atoms with E-state index in [2.05, 4.69) is 15.9 Å². The fourth-order valence-electron chi connectivity index (χ4n) is 2.68. The van der Waals surface area contributed by atoms with Crippen LogP contribution in [0, 0.1) is 11.7 Å². The van der Waals surface area contributed by atoms with Crippen molar-refractivity contribution in [3.8, 4) is 0 Å². The molecular weight excluding hydrogens is 347 g/mol. The van der Waals surface area contributed by atoms with E-state index in [9.17, 15) is 17.6 Å². The minimum Gasteiger partial charge on any atom is -0.294 e. The Balaban J connectivity index is 2.21. The topological polar surface area (TPSA) is 51.2 Å². The second-order valence-electron chi connectivity index (χ2n) is 5.30. The normalized spacial score (nSPS) is 23.6. The summed E-state index contributed by atoms with van der Waals surface area (Å²) in [4.78, 5) is 12.5. The van der Waals surface area contributed by atoms with Crippen molar-refractivity contribution in [2.24, 2.45) is 5.92 Å². The first-order chi connectivity index (χ1) is 9.29. The average molecular weight is 363 g/mol. The first-order valence-corrected chi connectivity index (χ1v) is 9.22. The number of Topliss-reactive ketones (excluding diaryl/α,β-unsaturated/α-hetero) is 1. The molecule has 0 N–H and O–H groups in total. The molecule has 0 bridgehead atoms. The Bertz CT molecular complexity index is 627. The molecule has 1 aliphatic rings. The fraction of sp³-hybridized carbons (Fsp3) is 0.500. The summed E-state index contributed by atoms with van der Waals surface area (Å²) >= 11 is 3.19. The van der Waals surface area contributed by atoms with Gasteiger partial charge in [-0.05, 0) is 53.4 Å². The van der Waals surface area contributed by atoms with Gasteiger partial charge in [-0.1, -0.05) is 6.42 Å². The Morgan fingerprint density at radius 2 is 2.05 bits per heavy atom. The molecule has 1 aromatic rings. The summed E-state index contributed by atoms with van der Waals surface area (Å²) in [5.41, 5.74) is 0.422. The van der Waals surface area contributed by atoms with Gasteiger partial charge in [0.1, 0.15) is 15.7 Å². The highest BCUT2D eigenvalue weighted by atomic mass is 79.9. The molecule has 0 saturated heterocycles. The maximum absolute atomic E-state index is 13.1. The van der Waals surface area contributed by atoms with Gasteiger partial charge in [0, 0.05) is 22.2 Å². The van der Waals surface area contributed by atoms with E-state index in [1.54, 1.807) is 0 Å². The molecule has 0 spiro atoms. The predicted molar refractivity (Wildman–Crippen MR) is 79.0 cm³/mol. The van der Waals surface area contributed by atoms with Crippen molar-refractivity contribution in [2.75, 3.05) is 6.26 Å². The number of hydrogen-bond donors (Lipinski definition) is 0. The summed E-state index contributed by atoms with van der Waals surface area (Å²) in [5, 5.41) is -0.440. The standard InChI is InChI=1S/C14H16BrFO3S/c1-20(18,19)11-4-2-3-9(7-11)14(17)12-6-5-10(16)8-13(12)15/h5-6,8-9,11H,2-4,7H2,1H3. The zero-order chi connectivity index (χ0) is 14.9. The minimum absolute atomic E-state index is 0.106. The molecule has 2 atom stereocenters. The fourth-order valence-corrected chi connectivity index (χ4v) is 4.40. The number of carbonyl (C=O) groups excluding carboxylic acids is 1. The molecule has 0 radical (unpaired) electrons.